The summed E-state index contributed by atoms with van der Waals surface area (Å²) in [5, 5.41) is 5.62. The number of halogens is 3. The van der Waals surface area contributed by atoms with E-state index in [1.165, 1.54) is 4.68 Å². The van der Waals surface area contributed by atoms with Crippen LogP contribution in [0.5, 0.6) is 0 Å². The summed E-state index contributed by atoms with van der Waals surface area (Å²) in [5.41, 5.74) is 6.86. The highest BCUT2D eigenvalue weighted by Gasteiger charge is 2.35. The SMILES string of the molecule is Nc1ccc(-n2nc(C(F)(F)F)cc2-c2cccc3ccccc23)cc1. The van der Waals surface area contributed by atoms with Gasteiger partial charge in [-0.1, -0.05) is 42.5 Å². The first-order chi connectivity index (χ1) is 12.4. The van der Waals surface area contributed by atoms with Gasteiger partial charge in [0.05, 0.1) is 11.4 Å². The number of hydrogen-bond donors (Lipinski definition) is 1. The zero-order valence-electron chi connectivity index (χ0n) is 13.5. The molecule has 26 heavy (non-hydrogen) atoms. The third-order valence-electron chi connectivity index (χ3n) is 4.20. The molecule has 130 valence electrons. The highest BCUT2D eigenvalue weighted by atomic mass is 19.4. The van der Waals surface area contributed by atoms with Gasteiger partial charge in [0.15, 0.2) is 5.69 Å². The van der Waals surface area contributed by atoms with Crippen molar-refractivity contribution >= 4 is 16.5 Å². The maximum atomic E-state index is 13.3. The summed E-state index contributed by atoms with van der Waals surface area (Å²) in [6, 6.07) is 20.8. The van der Waals surface area contributed by atoms with Crippen LogP contribution in [0.15, 0.2) is 72.8 Å². The van der Waals surface area contributed by atoms with Gasteiger partial charge in [-0.3, -0.25) is 0 Å². The molecule has 4 aromatic rings. The number of rotatable bonds is 2. The molecule has 1 heterocycles. The Labute approximate surface area is 147 Å². The molecular weight excluding hydrogens is 339 g/mol. The summed E-state index contributed by atoms with van der Waals surface area (Å²) < 4.78 is 41.2. The van der Waals surface area contributed by atoms with Crippen molar-refractivity contribution in [3.63, 3.8) is 0 Å². The van der Waals surface area contributed by atoms with Gasteiger partial charge in [-0.05, 0) is 41.1 Å². The van der Waals surface area contributed by atoms with Crippen molar-refractivity contribution in [1.29, 1.82) is 0 Å². The van der Waals surface area contributed by atoms with E-state index in [9.17, 15) is 13.2 Å². The molecule has 0 radical (unpaired) electrons. The Morgan fingerprint density at radius 1 is 0.846 bits per heavy atom. The minimum Gasteiger partial charge on any atom is -0.399 e. The van der Waals surface area contributed by atoms with Crippen LogP contribution in [-0.4, -0.2) is 9.78 Å². The predicted molar refractivity (Wildman–Crippen MR) is 95.9 cm³/mol. The Bertz CT molecular complexity index is 1070. The van der Waals surface area contributed by atoms with E-state index in [4.69, 9.17) is 5.73 Å². The van der Waals surface area contributed by atoms with E-state index in [2.05, 4.69) is 5.10 Å². The monoisotopic (exact) mass is 353 g/mol. The molecule has 3 aromatic carbocycles. The molecule has 0 unspecified atom stereocenters. The second-order valence-electron chi connectivity index (χ2n) is 5.94. The Morgan fingerprint density at radius 3 is 2.27 bits per heavy atom. The van der Waals surface area contributed by atoms with E-state index >= 15 is 0 Å². The minimum atomic E-state index is -4.53. The second-order valence-corrected chi connectivity index (χ2v) is 5.94. The molecule has 2 N–H and O–H groups in total. The maximum absolute atomic E-state index is 13.3. The van der Waals surface area contributed by atoms with Crippen LogP contribution in [0.4, 0.5) is 18.9 Å². The number of nitrogen functional groups attached to an aromatic ring is 1. The fraction of sp³-hybridized carbons (Fsp3) is 0.0500. The first kappa shape index (κ1) is 16.2. The third-order valence-corrected chi connectivity index (χ3v) is 4.20. The van der Waals surface area contributed by atoms with Gasteiger partial charge in [0.1, 0.15) is 0 Å². The lowest BCUT2D eigenvalue weighted by atomic mass is 10.0. The van der Waals surface area contributed by atoms with Crippen LogP contribution in [0, 0.1) is 0 Å². The Morgan fingerprint density at radius 2 is 1.54 bits per heavy atom. The van der Waals surface area contributed by atoms with Crippen molar-refractivity contribution in [1.82, 2.24) is 9.78 Å². The fourth-order valence-corrected chi connectivity index (χ4v) is 2.97. The molecule has 0 fully saturated rings. The number of nitrogens with two attached hydrogens (primary N) is 1. The number of fused-ring (bicyclic) bond motifs is 1. The largest absolute Gasteiger partial charge is 0.435 e. The quantitative estimate of drug-likeness (QED) is 0.497. The summed E-state index contributed by atoms with van der Waals surface area (Å²) >= 11 is 0. The lowest BCUT2D eigenvalue weighted by Crippen LogP contribution is -2.07. The molecule has 1 aromatic heterocycles. The fourth-order valence-electron chi connectivity index (χ4n) is 2.97. The molecule has 0 aliphatic carbocycles. The van der Waals surface area contributed by atoms with E-state index in [0.717, 1.165) is 16.8 Å². The Hall–Kier alpha value is -3.28. The van der Waals surface area contributed by atoms with E-state index < -0.39 is 11.9 Å². The topological polar surface area (TPSA) is 43.8 Å². The maximum Gasteiger partial charge on any atom is 0.435 e. The molecule has 0 spiro atoms. The average Bonchev–Trinajstić information content (AvgIpc) is 3.07. The van der Waals surface area contributed by atoms with Gasteiger partial charge < -0.3 is 5.73 Å². The van der Waals surface area contributed by atoms with Crippen molar-refractivity contribution in [2.45, 2.75) is 6.18 Å². The summed E-state index contributed by atoms with van der Waals surface area (Å²) in [6.45, 7) is 0. The molecule has 0 bridgehead atoms. The smallest absolute Gasteiger partial charge is 0.399 e. The minimum absolute atomic E-state index is 0.374. The van der Waals surface area contributed by atoms with Crippen molar-refractivity contribution in [3.8, 4) is 16.9 Å². The molecule has 0 amide bonds. The summed E-state index contributed by atoms with van der Waals surface area (Å²) in [4.78, 5) is 0. The van der Waals surface area contributed by atoms with Crippen molar-refractivity contribution in [2.24, 2.45) is 0 Å². The van der Waals surface area contributed by atoms with Crippen molar-refractivity contribution < 1.29 is 13.2 Å². The van der Waals surface area contributed by atoms with E-state index in [1.807, 2.05) is 36.4 Å². The number of anilines is 1. The molecule has 3 nitrogen and oxygen atoms in total. The van der Waals surface area contributed by atoms with Crippen molar-refractivity contribution in [2.75, 3.05) is 5.73 Å². The van der Waals surface area contributed by atoms with Gasteiger partial charge in [0.2, 0.25) is 0 Å². The lowest BCUT2D eigenvalue weighted by Gasteiger charge is -2.10. The molecule has 0 aliphatic heterocycles. The number of nitrogens with zero attached hydrogens (tertiary/aromatic N) is 2. The Kier molecular flexibility index (Phi) is 3.68. The van der Waals surface area contributed by atoms with Crippen LogP contribution in [-0.2, 0) is 6.18 Å². The molecule has 0 saturated carbocycles. The average molecular weight is 353 g/mol. The summed E-state index contributed by atoms with van der Waals surface area (Å²) in [6.07, 6.45) is -4.53. The van der Waals surface area contributed by atoms with Gasteiger partial charge in [-0.15, -0.1) is 0 Å². The highest BCUT2D eigenvalue weighted by molar-refractivity contribution is 5.96. The van der Waals surface area contributed by atoms with Gasteiger partial charge in [0.25, 0.3) is 0 Å². The summed E-state index contributed by atoms with van der Waals surface area (Å²) in [7, 11) is 0. The van der Waals surface area contributed by atoms with Gasteiger partial charge in [-0.25, -0.2) is 4.68 Å². The molecule has 0 saturated heterocycles. The van der Waals surface area contributed by atoms with Crippen LogP contribution >= 0.6 is 0 Å². The number of aromatic nitrogens is 2. The first-order valence-electron chi connectivity index (χ1n) is 7.95. The molecular formula is C20H14F3N3. The Balaban J connectivity index is 2.00. The van der Waals surface area contributed by atoms with Crippen LogP contribution < -0.4 is 5.73 Å². The number of benzene rings is 3. The first-order valence-corrected chi connectivity index (χ1v) is 7.95. The van der Waals surface area contributed by atoms with Crippen molar-refractivity contribution in [3.05, 3.63) is 78.5 Å². The third kappa shape index (κ3) is 2.79. The van der Waals surface area contributed by atoms with E-state index in [1.54, 1.807) is 30.3 Å². The number of alkyl halides is 3. The van der Waals surface area contributed by atoms with E-state index in [0.29, 0.717) is 22.6 Å². The highest BCUT2D eigenvalue weighted by Crippen LogP contribution is 2.35. The second kappa shape index (κ2) is 5.91. The molecule has 6 heteroatoms. The van der Waals surface area contributed by atoms with Gasteiger partial charge in [0, 0.05) is 11.3 Å². The number of hydrogen-bond acceptors (Lipinski definition) is 2. The molecule has 0 aliphatic rings. The standard InChI is InChI=1S/C20H14F3N3/c21-20(22,23)19-12-18(26(25-19)15-10-8-14(24)9-11-15)17-7-3-5-13-4-1-2-6-16(13)17/h1-12H,24H2. The zero-order chi connectivity index (χ0) is 18.3. The van der Waals surface area contributed by atoms with Crippen LogP contribution in [0.2, 0.25) is 0 Å². The summed E-state index contributed by atoms with van der Waals surface area (Å²) in [5.74, 6) is 0. The predicted octanol–water partition coefficient (Wildman–Crippen LogP) is 5.29. The van der Waals surface area contributed by atoms with Crippen LogP contribution in [0.1, 0.15) is 5.69 Å². The van der Waals surface area contributed by atoms with Crippen LogP contribution in [0.3, 0.4) is 0 Å². The van der Waals surface area contributed by atoms with Crippen LogP contribution in [0.25, 0.3) is 27.7 Å². The van der Waals surface area contributed by atoms with Gasteiger partial charge >= 0.3 is 6.18 Å². The van der Waals surface area contributed by atoms with Gasteiger partial charge in [-0.2, -0.15) is 18.3 Å². The normalized spacial score (nSPS) is 11.8. The molecule has 4 rings (SSSR count). The molecule has 0 atom stereocenters. The van der Waals surface area contributed by atoms with E-state index in [-0.39, 0.29) is 0 Å². The lowest BCUT2D eigenvalue weighted by molar-refractivity contribution is -0.141. The zero-order valence-corrected chi connectivity index (χ0v) is 13.5.